The van der Waals surface area contributed by atoms with E-state index in [0.717, 1.165) is 47.7 Å². The third-order valence-corrected chi connectivity index (χ3v) is 4.66. The van der Waals surface area contributed by atoms with Gasteiger partial charge in [0.2, 0.25) is 0 Å². The van der Waals surface area contributed by atoms with E-state index in [1.807, 2.05) is 47.2 Å². The molecule has 6 nitrogen and oxygen atoms in total. The smallest absolute Gasteiger partial charge is 0.165 e. The highest BCUT2D eigenvalue weighted by molar-refractivity contribution is 5.78. The van der Waals surface area contributed by atoms with Crippen LogP contribution in [0.3, 0.4) is 0 Å². The lowest BCUT2D eigenvalue weighted by molar-refractivity contribution is 0.265. The summed E-state index contributed by atoms with van der Waals surface area (Å²) in [4.78, 5) is 6.74. The van der Waals surface area contributed by atoms with Gasteiger partial charge < -0.3 is 14.7 Å². The van der Waals surface area contributed by atoms with E-state index in [2.05, 4.69) is 15.0 Å². The van der Waals surface area contributed by atoms with Crippen molar-refractivity contribution in [2.24, 2.45) is 0 Å². The molecule has 1 saturated heterocycles. The second-order valence-electron chi connectivity index (χ2n) is 6.00. The van der Waals surface area contributed by atoms with Gasteiger partial charge in [0.1, 0.15) is 11.6 Å². The van der Waals surface area contributed by atoms with E-state index < -0.39 is 0 Å². The molecular weight excluding hydrogens is 304 g/mol. The first kappa shape index (κ1) is 15.0. The minimum absolute atomic E-state index is 0.157. The zero-order valence-corrected chi connectivity index (χ0v) is 13.6. The summed E-state index contributed by atoms with van der Waals surface area (Å²) < 4.78 is 7.09. The molecule has 6 heteroatoms. The molecule has 0 amide bonds. The predicted octanol–water partition coefficient (Wildman–Crippen LogP) is 2.37. The number of nitrogens with zero attached hydrogens (tertiary/aromatic N) is 4. The molecule has 0 saturated carbocycles. The molecule has 0 radical (unpaired) electrons. The second kappa shape index (κ2) is 6.13. The van der Waals surface area contributed by atoms with Crippen LogP contribution in [0.5, 0.6) is 5.75 Å². The molecule has 1 N–H and O–H groups in total. The third-order valence-electron chi connectivity index (χ3n) is 4.66. The molecule has 3 aromatic rings. The molecule has 1 aliphatic heterocycles. The molecule has 0 aliphatic carbocycles. The molecule has 0 unspecified atom stereocenters. The minimum atomic E-state index is 0.157. The zero-order valence-electron chi connectivity index (χ0n) is 13.6. The van der Waals surface area contributed by atoms with E-state index in [9.17, 15) is 5.11 Å². The largest absolute Gasteiger partial charge is 0.497 e. The summed E-state index contributed by atoms with van der Waals surface area (Å²) in [6, 6.07) is 10.0. The number of hydrogen-bond acceptors (Lipinski definition) is 5. The third kappa shape index (κ3) is 2.39. The van der Waals surface area contributed by atoms with E-state index in [1.54, 1.807) is 7.11 Å². The SMILES string of the molecule is COc1ccc(-c2cnn3c(N4CCC[C@H]4CO)ccnc23)cc1. The van der Waals surface area contributed by atoms with Crippen molar-refractivity contribution >= 4 is 11.5 Å². The van der Waals surface area contributed by atoms with Crippen LogP contribution in [-0.2, 0) is 0 Å². The van der Waals surface area contributed by atoms with Crippen molar-refractivity contribution in [2.45, 2.75) is 18.9 Å². The Balaban J connectivity index is 1.78. The molecule has 3 heterocycles. The summed E-state index contributed by atoms with van der Waals surface area (Å²) in [5.41, 5.74) is 2.86. The van der Waals surface area contributed by atoms with Crippen LogP contribution < -0.4 is 9.64 Å². The first-order valence-corrected chi connectivity index (χ1v) is 8.16. The quantitative estimate of drug-likeness (QED) is 0.798. The summed E-state index contributed by atoms with van der Waals surface area (Å²) in [6.07, 6.45) is 5.75. The van der Waals surface area contributed by atoms with Gasteiger partial charge >= 0.3 is 0 Å². The topological polar surface area (TPSA) is 62.9 Å². The van der Waals surface area contributed by atoms with Gasteiger partial charge in [0.25, 0.3) is 0 Å². The Kier molecular flexibility index (Phi) is 3.82. The van der Waals surface area contributed by atoms with Crippen molar-refractivity contribution in [3.8, 4) is 16.9 Å². The summed E-state index contributed by atoms with van der Waals surface area (Å²) in [5, 5.41) is 14.2. The fourth-order valence-electron chi connectivity index (χ4n) is 3.40. The lowest BCUT2D eigenvalue weighted by atomic mass is 10.1. The summed E-state index contributed by atoms with van der Waals surface area (Å²) in [5.74, 6) is 1.81. The van der Waals surface area contributed by atoms with Crippen molar-refractivity contribution in [3.63, 3.8) is 0 Å². The van der Waals surface area contributed by atoms with Gasteiger partial charge in [-0.3, -0.25) is 0 Å². The van der Waals surface area contributed by atoms with Gasteiger partial charge in [-0.15, -0.1) is 0 Å². The van der Waals surface area contributed by atoms with Crippen LogP contribution >= 0.6 is 0 Å². The number of benzene rings is 1. The Morgan fingerprint density at radius 2 is 2.08 bits per heavy atom. The number of hydrogen-bond donors (Lipinski definition) is 1. The Labute approximate surface area is 140 Å². The fourth-order valence-corrected chi connectivity index (χ4v) is 3.40. The molecular formula is C18H20N4O2. The van der Waals surface area contributed by atoms with Crippen LogP contribution in [0.1, 0.15) is 12.8 Å². The highest BCUT2D eigenvalue weighted by atomic mass is 16.5. The Morgan fingerprint density at radius 1 is 1.25 bits per heavy atom. The molecule has 2 aromatic heterocycles. The van der Waals surface area contributed by atoms with Crippen LogP contribution in [0.15, 0.2) is 42.7 Å². The van der Waals surface area contributed by atoms with Gasteiger partial charge in [-0.25, -0.2) is 4.98 Å². The van der Waals surface area contributed by atoms with Crippen LogP contribution in [0.25, 0.3) is 16.8 Å². The number of anilines is 1. The van der Waals surface area contributed by atoms with E-state index >= 15 is 0 Å². The van der Waals surface area contributed by atoms with Crippen LogP contribution in [0.4, 0.5) is 5.82 Å². The van der Waals surface area contributed by atoms with E-state index in [-0.39, 0.29) is 12.6 Å². The zero-order chi connectivity index (χ0) is 16.5. The minimum Gasteiger partial charge on any atom is -0.497 e. The average molecular weight is 324 g/mol. The monoisotopic (exact) mass is 324 g/mol. The van der Waals surface area contributed by atoms with Crippen LogP contribution in [-0.4, -0.2) is 46.0 Å². The highest BCUT2D eigenvalue weighted by Crippen LogP contribution is 2.30. The molecule has 0 bridgehead atoms. The van der Waals surface area contributed by atoms with Gasteiger partial charge in [0.15, 0.2) is 5.65 Å². The van der Waals surface area contributed by atoms with E-state index in [4.69, 9.17) is 4.74 Å². The number of rotatable bonds is 4. The Hall–Kier alpha value is -2.60. The number of ether oxygens (including phenoxy) is 1. The molecule has 0 spiro atoms. The van der Waals surface area contributed by atoms with Gasteiger partial charge in [0, 0.05) is 18.3 Å². The Bertz CT molecular complexity index is 844. The normalized spacial score (nSPS) is 17.6. The summed E-state index contributed by atoms with van der Waals surface area (Å²) in [6.45, 7) is 1.10. The van der Waals surface area contributed by atoms with Crippen molar-refractivity contribution in [2.75, 3.05) is 25.2 Å². The molecule has 1 fully saturated rings. The summed E-state index contributed by atoms with van der Waals surface area (Å²) >= 11 is 0. The first-order valence-electron chi connectivity index (χ1n) is 8.16. The fraction of sp³-hybridized carbons (Fsp3) is 0.333. The molecule has 24 heavy (non-hydrogen) atoms. The van der Waals surface area contributed by atoms with Crippen molar-refractivity contribution < 1.29 is 9.84 Å². The molecule has 124 valence electrons. The molecule has 4 rings (SSSR count). The second-order valence-corrected chi connectivity index (χ2v) is 6.00. The highest BCUT2D eigenvalue weighted by Gasteiger charge is 2.26. The number of aromatic nitrogens is 3. The van der Waals surface area contributed by atoms with Crippen molar-refractivity contribution in [3.05, 3.63) is 42.7 Å². The molecule has 1 aliphatic rings. The van der Waals surface area contributed by atoms with Crippen LogP contribution in [0, 0.1) is 0 Å². The number of aliphatic hydroxyl groups excluding tert-OH is 1. The number of fused-ring (bicyclic) bond motifs is 1. The maximum absolute atomic E-state index is 9.60. The molecule has 1 atom stereocenters. The maximum Gasteiger partial charge on any atom is 0.165 e. The lowest BCUT2D eigenvalue weighted by Crippen LogP contribution is -2.33. The first-order chi connectivity index (χ1) is 11.8. The van der Waals surface area contributed by atoms with Gasteiger partial charge in [-0.2, -0.15) is 9.61 Å². The molecule has 1 aromatic carbocycles. The van der Waals surface area contributed by atoms with E-state index in [0.29, 0.717) is 0 Å². The standard InChI is InChI=1S/C18H20N4O2/c1-24-15-6-4-13(5-7-15)16-11-20-22-17(8-9-19-18(16)22)21-10-2-3-14(21)12-23/h4-9,11,14,23H,2-3,10,12H2,1H3/t14-/m0/s1. The number of aliphatic hydroxyl groups is 1. The maximum atomic E-state index is 9.60. The van der Waals surface area contributed by atoms with Gasteiger partial charge in [-0.05, 0) is 36.6 Å². The average Bonchev–Trinajstić information content (AvgIpc) is 3.28. The van der Waals surface area contributed by atoms with Gasteiger partial charge in [-0.1, -0.05) is 12.1 Å². The van der Waals surface area contributed by atoms with Gasteiger partial charge in [0.05, 0.1) is 26.0 Å². The summed E-state index contributed by atoms with van der Waals surface area (Å²) in [7, 11) is 1.66. The van der Waals surface area contributed by atoms with Crippen LogP contribution in [0.2, 0.25) is 0 Å². The predicted molar refractivity (Wildman–Crippen MR) is 92.4 cm³/mol. The van der Waals surface area contributed by atoms with Crippen molar-refractivity contribution in [1.82, 2.24) is 14.6 Å². The van der Waals surface area contributed by atoms with Crippen molar-refractivity contribution in [1.29, 1.82) is 0 Å². The van der Waals surface area contributed by atoms with E-state index in [1.165, 1.54) is 0 Å². The Morgan fingerprint density at radius 3 is 2.83 bits per heavy atom. The number of methoxy groups -OCH3 is 1. The lowest BCUT2D eigenvalue weighted by Gasteiger charge is -2.25.